The molecule has 1 aromatic carbocycles. The Morgan fingerprint density at radius 2 is 1.77 bits per heavy atom. The summed E-state index contributed by atoms with van der Waals surface area (Å²) < 4.78 is 20.7. The molecule has 0 aliphatic carbocycles. The average Bonchev–Trinajstić information content (AvgIpc) is 3.14. The van der Waals surface area contributed by atoms with Crippen molar-refractivity contribution >= 4 is 34.2 Å². The normalized spacial score (nSPS) is 10.5. The molecule has 1 amide bonds. The van der Waals surface area contributed by atoms with E-state index in [0.29, 0.717) is 27.6 Å². The maximum absolute atomic E-state index is 12.6. The van der Waals surface area contributed by atoms with Crippen molar-refractivity contribution in [1.82, 2.24) is 0 Å². The second kappa shape index (κ2) is 10.6. The third-order valence-corrected chi connectivity index (χ3v) is 4.93. The number of nitrogens with one attached hydrogen (secondary N) is 1. The van der Waals surface area contributed by atoms with E-state index in [-0.39, 0.29) is 18.1 Å². The number of anilines is 1. The number of thiophene rings is 1. The predicted octanol–water partition coefficient (Wildman–Crippen LogP) is 3.75. The van der Waals surface area contributed by atoms with Crippen molar-refractivity contribution in [3.05, 3.63) is 29.1 Å². The van der Waals surface area contributed by atoms with Crippen molar-refractivity contribution in [2.24, 2.45) is 5.92 Å². The summed E-state index contributed by atoms with van der Waals surface area (Å²) in [7, 11) is 3.05. The van der Waals surface area contributed by atoms with Crippen LogP contribution >= 0.6 is 11.3 Å². The molecule has 0 atom stereocenters. The fourth-order valence-electron chi connectivity index (χ4n) is 2.54. The van der Waals surface area contributed by atoms with Crippen molar-refractivity contribution in [2.75, 3.05) is 32.8 Å². The molecular weight excluding hydrogens is 410 g/mol. The van der Waals surface area contributed by atoms with Gasteiger partial charge in [0.25, 0.3) is 5.91 Å². The molecule has 2 aromatic rings. The van der Waals surface area contributed by atoms with Gasteiger partial charge in [0, 0.05) is 10.9 Å². The number of amides is 1. The minimum absolute atomic E-state index is 0.180. The highest BCUT2D eigenvalue weighted by Gasteiger charge is 2.24. The standard InChI is InChI=1S/C21H25NO7S/c1-6-28-21(25)18-14(13-7-8-15(26-4)16(9-13)27-5)11-30-19(18)22-17(23)10-29-20(24)12(2)3/h7-9,11-12H,6,10H2,1-5H3,(H,22,23). The van der Waals surface area contributed by atoms with Gasteiger partial charge in [-0.15, -0.1) is 11.3 Å². The van der Waals surface area contributed by atoms with Crippen molar-refractivity contribution in [2.45, 2.75) is 20.8 Å². The molecule has 0 radical (unpaired) electrons. The van der Waals surface area contributed by atoms with Gasteiger partial charge in [0.1, 0.15) is 10.6 Å². The summed E-state index contributed by atoms with van der Waals surface area (Å²) in [5.41, 5.74) is 1.49. The van der Waals surface area contributed by atoms with Crippen LogP contribution in [0.3, 0.4) is 0 Å². The molecule has 0 aliphatic heterocycles. The van der Waals surface area contributed by atoms with E-state index >= 15 is 0 Å². The highest BCUT2D eigenvalue weighted by Crippen LogP contribution is 2.39. The zero-order valence-corrected chi connectivity index (χ0v) is 18.4. The number of methoxy groups -OCH3 is 2. The van der Waals surface area contributed by atoms with E-state index in [1.165, 1.54) is 25.6 Å². The topological polar surface area (TPSA) is 100 Å². The first-order valence-corrected chi connectivity index (χ1v) is 10.2. The maximum Gasteiger partial charge on any atom is 0.341 e. The highest BCUT2D eigenvalue weighted by atomic mass is 32.1. The Labute approximate surface area is 179 Å². The largest absolute Gasteiger partial charge is 0.493 e. The van der Waals surface area contributed by atoms with Crippen LogP contribution in [-0.2, 0) is 19.1 Å². The minimum atomic E-state index is -0.571. The fraction of sp³-hybridized carbons (Fsp3) is 0.381. The Kier molecular flexibility index (Phi) is 8.23. The summed E-state index contributed by atoms with van der Waals surface area (Å²) in [5.74, 6) is -0.885. The lowest BCUT2D eigenvalue weighted by molar-refractivity contribution is -0.150. The zero-order chi connectivity index (χ0) is 22.3. The quantitative estimate of drug-likeness (QED) is 0.599. The molecule has 0 unspecified atom stereocenters. The summed E-state index contributed by atoms with van der Waals surface area (Å²) in [6.07, 6.45) is 0. The number of hydrogen-bond donors (Lipinski definition) is 1. The van der Waals surface area contributed by atoms with Crippen molar-refractivity contribution in [1.29, 1.82) is 0 Å². The van der Waals surface area contributed by atoms with Crippen LogP contribution in [0.15, 0.2) is 23.6 Å². The molecule has 1 N–H and O–H groups in total. The van der Waals surface area contributed by atoms with Gasteiger partial charge in [-0.3, -0.25) is 9.59 Å². The molecule has 1 heterocycles. The van der Waals surface area contributed by atoms with E-state index in [4.69, 9.17) is 18.9 Å². The molecule has 0 saturated heterocycles. The lowest BCUT2D eigenvalue weighted by Crippen LogP contribution is -2.23. The van der Waals surface area contributed by atoms with Gasteiger partial charge in [0.15, 0.2) is 18.1 Å². The van der Waals surface area contributed by atoms with E-state index < -0.39 is 24.5 Å². The molecule has 2 rings (SSSR count). The SMILES string of the molecule is CCOC(=O)c1c(-c2ccc(OC)c(OC)c2)csc1NC(=O)COC(=O)C(C)C. The first-order valence-electron chi connectivity index (χ1n) is 9.29. The number of hydrogen-bond acceptors (Lipinski definition) is 8. The van der Waals surface area contributed by atoms with E-state index in [2.05, 4.69) is 5.32 Å². The number of benzene rings is 1. The van der Waals surface area contributed by atoms with Gasteiger partial charge in [0.05, 0.1) is 26.7 Å². The Hall–Kier alpha value is -3.07. The summed E-state index contributed by atoms with van der Waals surface area (Å²) in [6.45, 7) is 4.79. The Morgan fingerprint density at radius 1 is 1.07 bits per heavy atom. The second-order valence-corrected chi connectivity index (χ2v) is 7.33. The summed E-state index contributed by atoms with van der Waals surface area (Å²) in [4.78, 5) is 36.4. The minimum Gasteiger partial charge on any atom is -0.493 e. The number of carbonyl (C=O) groups is 3. The number of carbonyl (C=O) groups excluding carboxylic acids is 3. The van der Waals surface area contributed by atoms with E-state index in [0.717, 1.165) is 0 Å². The second-order valence-electron chi connectivity index (χ2n) is 6.45. The molecule has 0 saturated carbocycles. The smallest absolute Gasteiger partial charge is 0.341 e. The van der Waals surface area contributed by atoms with Gasteiger partial charge in [-0.25, -0.2) is 4.79 Å². The van der Waals surface area contributed by atoms with Gasteiger partial charge < -0.3 is 24.3 Å². The van der Waals surface area contributed by atoms with Gasteiger partial charge in [0.2, 0.25) is 0 Å². The average molecular weight is 435 g/mol. The molecule has 0 spiro atoms. The fourth-order valence-corrected chi connectivity index (χ4v) is 3.51. The molecule has 0 fully saturated rings. The van der Waals surface area contributed by atoms with Crippen LogP contribution in [0, 0.1) is 5.92 Å². The summed E-state index contributed by atoms with van der Waals surface area (Å²) >= 11 is 1.17. The lowest BCUT2D eigenvalue weighted by atomic mass is 10.0. The van der Waals surface area contributed by atoms with Gasteiger partial charge in [-0.2, -0.15) is 0 Å². The van der Waals surface area contributed by atoms with Crippen molar-refractivity contribution in [3.63, 3.8) is 0 Å². The Morgan fingerprint density at radius 3 is 2.37 bits per heavy atom. The molecule has 8 nitrogen and oxygen atoms in total. The van der Waals surface area contributed by atoms with Crippen molar-refractivity contribution in [3.8, 4) is 22.6 Å². The van der Waals surface area contributed by atoms with Crippen LogP contribution in [0.25, 0.3) is 11.1 Å². The first-order chi connectivity index (χ1) is 14.3. The van der Waals surface area contributed by atoms with Crippen LogP contribution in [0.5, 0.6) is 11.5 Å². The summed E-state index contributed by atoms with van der Waals surface area (Å²) in [5, 5.41) is 4.68. The van der Waals surface area contributed by atoms with E-state index in [1.807, 2.05) is 0 Å². The first kappa shape index (κ1) is 23.2. The van der Waals surface area contributed by atoms with Crippen LogP contribution in [0.2, 0.25) is 0 Å². The van der Waals surface area contributed by atoms with Crippen molar-refractivity contribution < 1.29 is 33.3 Å². The van der Waals surface area contributed by atoms with Crippen LogP contribution < -0.4 is 14.8 Å². The third kappa shape index (κ3) is 5.50. The van der Waals surface area contributed by atoms with Gasteiger partial charge in [-0.05, 0) is 24.6 Å². The molecule has 0 aliphatic rings. The maximum atomic E-state index is 12.6. The molecule has 0 bridgehead atoms. The zero-order valence-electron chi connectivity index (χ0n) is 17.6. The monoisotopic (exact) mass is 435 g/mol. The van der Waals surface area contributed by atoms with Gasteiger partial charge in [-0.1, -0.05) is 19.9 Å². The Balaban J connectivity index is 2.35. The van der Waals surface area contributed by atoms with Gasteiger partial charge >= 0.3 is 11.9 Å². The Bertz CT molecular complexity index is 920. The number of esters is 2. The predicted molar refractivity (Wildman–Crippen MR) is 113 cm³/mol. The van der Waals surface area contributed by atoms with E-state index in [1.54, 1.807) is 44.4 Å². The van der Waals surface area contributed by atoms with E-state index in [9.17, 15) is 14.4 Å². The molecule has 1 aromatic heterocycles. The number of rotatable bonds is 9. The molecule has 162 valence electrons. The lowest BCUT2D eigenvalue weighted by Gasteiger charge is -2.11. The third-order valence-electron chi connectivity index (χ3n) is 4.04. The van der Waals surface area contributed by atoms with Crippen LogP contribution in [0.1, 0.15) is 31.1 Å². The summed E-state index contributed by atoms with van der Waals surface area (Å²) in [6, 6.07) is 5.24. The highest BCUT2D eigenvalue weighted by molar-refractivity contribution is 7.15. The van der Waals surface area contributed by atoms with Crippen LogP contribution in [-0.4, -0.2) is 45.3 Å². The molecule has 9 heteroatoms. The molecule has 30 heavy (non-hydrogen) atoms. The number of ether oxygens (including phenoxy) is 4. The molecular formula is C21H25NO7S. The van der Waals surface area contributed by atoms with Crippen LogP contribution in [0.4, 0.5) is 5.00 Å².